The van der Waals surface area contributed by atoms with Gasteiger partial charge >= 0.3 is 5.97 Å². The highest BCUT2D eigenvalue weighted by Crippen LogP contribution is 2.55. The van der Waals surface area contributed by atoms with Crippen molar-refractivity contribution < 1.29 is 9.53 Å². The van der Waals surface area contributed by atoms with Crippen LogP contribution in [0.4, 0.5) is 0 Å². The van der Waals surface area contributed by atoms with Gasteiger partial charge < -0.3 is 4.74 Å². The number of nitrogens with zero attached hydrogens (tertiary/aromatic N) is 2. The average molecular weight is 437 g/mol. The second kappa shape index (κ2) is 8.11. The van der Waals surface area contributed by atoms with Crippen LogP contribution in [0.15, 0.2) is 89.7 Å². The van der Waals surface area contributed by atoms with Gasteiger partial charge in [-0.25, -0.2) is 4.79 Å². The molecule has 0 fully saturated rings. The lowest BCUT2D eigenvalue weighted by atomic mass is 9.67. The van der Waals surface area contributed by atoms with Gasteiger partial charge in [0, 0.05) is 46.7 Å². The molecule has 4 nitrogen and oxygen atoms in total. The molecular weight excluding hydrogens is 408 g/mol. The van der Waals surface area contributed by atoms with Crippen molar-refractivity contribution in [2.45, 2.75) is 39.2 Å². The van der Waals surface area contributed by atoms with Crippen LogP contribution in [0.3, 0.4) is 0 Å². The number of ether oxygens (including phenoxy) is 1. The molecule has 4 heteroatoms. The molecule has 1 spiro atoms. The van der Waals surface area contributed by atoms with Crippen LogP contribution in [-0.2, 0) is 15.1 Å². The molecule has 0 N–H and O–H groups in total. The molecule has 0 bridgehead atoms. The first-order valence-corrected chi connectivity index (χ1v) is 11.5. The Morgan fingerprint density at radius 2 is 1.70 bits per heavy atom. The first-order valence-electron chi connectivity index (χ1n) is 11.5. The quantitative estimate of drug-likeness (QED) is 0.474. The lowest BCUT2D eigenvalue weighted by Gasteiger charge is -2.37. The van der Waals surface area contributed by atoms with E-state index in [2.05, 4.69) is 61.3 Å². The molecule has 2 heterocycles. The largest absolute Gasteiger partial charge is 0.463 e. The number of hydrogen-bond acceptors (Lipinski definition) is 4. The minimum absolute atomic E-state index is 0.139. The van der Waals surface area contributed by atoms with Crippen molar-refractivity contribution in [3.63, 3.8) is 0 Å². The fourth-order valence-electron chi connectivity index (χ4n) is 5.51. The summed E-state index contributed by atoms with van der Waals surface area (Å²) in [6.07, 6.45) is 4.90. The van der Waals surface area contributed by atoms with Crippen molar-refractivity contribution in [2.24, 2.45) is 10.4 Å². The van der Waals surface area contributed by atoms with E-state index in [4.69, 9.17) is 9.73 Å². The molecule has 33 heavy (non-hydrogen) atoms. The number of aromatic nitrogens is 1. The molecule has 0 saturated heterocycles. The second-order valence-corrected chi connectivity index (χ2v) is 9.46. The number of pyridine rings is 1. The van der Waals surface area contributed by atoms with E-state index in [9.17, 15) is 4.79 Å². The molecule has 3 aromatic rings. The summed E-state index contributed by atoms with van der Waals surface area (Å²) in [6.45, 7) is 6.68. The van der Waals surface area contributed by atoms with Crippen molar-refractivity contribution in [2.75, 3.05) is 6.61 Å². The van der Waals surface area contributed by atoms with Crippen LogP contribution >= 0.6 is 0 Å². The lowest BCUT2D eigenvalue weighted by molar-refractivity contribution is -0.138. The molecule has 5 rings (SSSR count). The Bertz CT molecular complexity index is 1260. The van der Waals surface area contributed by atoms with Crippen LogP contribution in [-0.4, -0.2) is 23.3 Å². The number of carbonyl (C=O) groups excluding carboxylic acids is 1. The van der Waals surface area contributed by atoms with Crippen LogP contribution in [0.1, 0.15) is 55.9 Å². The van der Waals surface area contributed by atoms with Crippen LogP contribution in [0, 0.1) is 5.41 Å². The molecule has 0 saturated carbocycles. The van der Waals surface area contributed by atoms with Gasteiger partial charge in [0.2, 0.25) is 0 Å². The fourth-order valence-corrected chi connectivity index (χ4v) is 5.51. The van der Waals surface area contributed by atoms with Crippen molar-refractivity contribution >= 4 is 17.3 Å². The first-order chi connectivity index (χ1) is 16.0. The van der Waals surface area contributed by atoms with Gasteiger partial charge in [0.25, 0.3) is 0 Å². The maximum atomic E-state index is 13.3. The number of rotatable bonds is 4. The minimum atomic E-state index is -0.515. The van der Waals surface area contributed by atoms with Crippen molar-refractivity contribution in [3.05, 3.63) is 107 Å². The van der Waals surface area contributed by atoms with Crippen molar-refractivity contribution in [3.8, 4) is 0 Å². The fraction of sp³-hybridized carbons (Fsp3) is 0.276. The molecule has 0 radical (unpaired) electrons. The summed E-state index contributed by atoms with van der Waals surface area (Å²) in [6, 6.07) is 22.7. The minimum Gasteiger partial charge on any atom is -0.463 e. The van der Waals surface area contributed by atoms with E-state index in [1.807, 2.05) is 37.4 Å². The number of aliphatic imine (C=N–C) groups is 1. The Hall–Kier alpha value is -3.53. The van der Waals surface area contributed by atoms with Gasteiger partial charge in [-0.3, -0.25) is 9.98 Å². The summed E-state index contributed by atoms with van der Waals surface area (Å²) in [5.74, 6) is -0.272. The van der Waals surface area contributed by atoms with Gasteiger partial charge in [0.15, 0.2) is 0 Å². The second-order valence-electron chi connectivity index (χ2n) is 9.46. The van der Waals surface area contributed by atoms with Crippen LogP contribution in [0.25, 0.3) is 5.57 Å². The van der Waals surface area contributed by atoms with E-state index in [1.54, 1.807) is 6.20 Å². The molecular formula is C29H28N2O2. The third kappa shape index (κ3) is 3.60. The average Bonchev–Trinajstić information content (AvgIpc) is 3.11. The number of benzene rings is 2. The summed E-state index contributed by atoms with van der Waals surface area (Å²) in [7, 11) is 0. The highest BCUT2D eigenvalue weighted by molar-refractivity contribution is 6.08. The van der Waals surface area contributed by atoms with Crippen LogP contribution in [0.5, 0.6) is 0 Å². The normalized spacial score (nSPS) is 21.0. The van der Waals surface area contributed by atoms with Crippen LogP contribution < -0.4 is 0 Å². The Balaban J connectivity index is 1.76. The summed E-state index contributed by atoms with van der Waals surface area (Å²) < 4.78 is 5.55. The molecule has 2 aliphatic rings. The number of esters is 1. The van der Waals surface area contributed by atoms with E-state index in [0.29, 0.717) is 18.6 Å². The summed E-state index contributed by atoms with van der Waals surface area (Å²) in [5, 5.41) is 0. The monoisotopic (exact) mass is 436 g/mol. The predicted molar refractivity (Wildman–Crippen MR) is 131 cm³/mol. The van der Waals surface area contributed by atoms with Crippen molar-refractivity contribution in [1.82, 2.24) is 4.98 Å². The zero-order chi connectivity index (χ0) is 23.1. The van der Waals surface area contributed by atoms with E-state index in [-0.39, 0.29) is 11.4 Å². The Morgan fingerprint density at radius 1 is 0.970 bits per heavy atom. The summed E-state index contributed by atoms with van der Waals surface area (Å²) in [5.41, 5.74) is 6.28. The number of hydrogen-bond donors (Lipinski definition) is 0. The van der Waals surface area contributed by atoms with Gasteiger partial charge in [0.1, 0.15) is 0 Å². The molecule has 1 unspecified atom stereocenters. The van der Waals surface area contributed by atoms with Gasteiger partial charge in [-0.1, -0.05) is 74.5 Å². The smallest absolute Gasteiger partial charge is 0.334 e. The summed E-state index contributed by atoms with van der Waals surface area (Å²) >= 11 is 0. The highest BCUT2D eigenvalue weighted by Gasteiger charge is 2.51. The highest BCUT2D eigenvalue weighted by atomic mass is 16.5. The maximum absolute atomic E-state index is 13.3. The molecule has 2 aromatic carbocycles. The molecule has 0 amide bonds. The van der Waals surface area contributed by atoms with Gasteiger partial charge in [-0.2, -0.15) is 0 Å². The predicted octanol–water partition coefficient (Wildman–Crippen LogP) is 5.96. The summed E-state index contributed by atoms with van der Waals surface area (Å²) in [4.78, 5) is 23.0. The standard InChI is InChI=1S/C29H28N2O2/c1-4-33-27(32)23-17-29(19-28(2,3)26(31-29)20-11-6-5-7-12-20)24-15-9-8-14-22(24)25(23)21-13-10-16-30-18-21/h5-16,18H,4,17,19H2,1-3H3. The van der Waals surface area contributed by atoms with E-state index in [0.717, 1.165) is 40.0 Å². The van der Waals surface area contributed by atoms with Gasteiger partial charge in [0.05, 0.1) is 12.1 Å². The number of fused-ring (bicyclic) bond motifs is 2. The third-order valence-corrected chi connectivity index (χ3v) is 6.69. The Labute approximate surface area is 195 Å². The number of carbonyl (C=O) groups is 1. The zero-order valence-corrected chi connectivity index (χ0v) is 19.3. The van der Waals surface area contributed by atoms with Crippen molar-refractivity contribution in [1.29, 1.82) is 0 Å². The maximum Gasteiger partial charge on any atom is 0.334 e. The Morgan fingerprint density at radius 3 is 2.42 bits per heavy atom. The zero-order valence-electron chi connectivity index (χ0n) is 19.3. The van der Waals surface area contributed by atoms with E-state index >= 15 is 0 Å². The molecule has 1 aliphatic heterocycles. The molecule has 1 aromatic heterocycles. The topological polar surface area (TPSA) is 51.5 Å². The first kappa shape index (κ1) is 21.3. The molecule has 1 aliphatic carbocycles. The Kier molecular flexibility index (Phi) is 5.24. The van der Waals surface area contributed by atoms with Crippen LogP contribution in [0.2, 0.25) is 0 Å². The molecule has 166 valence electrons. The molecule has 1 atom stereocenters. The van der Waals surface area contributed by atoms with Gasteiger partial charge in [-0.05, 0) is 36.1 Å². The SMILES string of the molecule is CCOC(=O)C1=C(c2cccnc2)c2ccccc2C2(C1)CC(C)(C)C(c1ccccc1)=N2. The van der Waals surface area contributed by atoms with Gasteiger partial charge in [-0.15, -0.1) is 0 Å². The third-order valence-electron chi connectivity index (χ3n) is 6.69. The van der Waals surface area contributed by atoms with E-state index in [1.165, 1.54) is 0 Å². The lowest BCUT2D eigenvalue weighted by Crippen LogP contribution is -2.32. The van der Waals surface area contributed by atoms with E-state index < -0.39 is 5.54 Å².